The van der Waals surface area contributed by atoms with Crippen LogP contribution in [-0.4, -0.2) is 48.2 Å². The van der Waals surface area contributed by atoms with Gasteiger partial charge in [0.2, 0.25) is 11.8 Å². The fourth-order valence-corrected chi connectivity index (χ4v) is 4.62. The van der Waals surface area contributed by atoms with Crippen LogP contribution in [0, 0.1) is 28.1 Å². The summed E-state index contributed by atoms with van der Waals surface area (Å²) in [6.45, 7) is -1.30. The zero-order valence-electron chi connectivity index (χ0n) is 21.1. The quantitative estimate of drug-likeness (QED) is 0.287. The van der Waals surface area contributed by atoms with Gasteiger partial charge in [-0.2, -0.15) is 27.2 Å². The Balaban J connectivity index is 1.40. The zero-order valence-corrected chi connectivity index (χ0v) is 21.1. The summed E-state index contributed by atoms with van der Waals surface area (Å²) in [7, 11) is 0. The fraction of sp³-hybridized carbons (Fsp3) is 0.370. The molecule has 210 valence electrons. The number of carbonyl (C=O) groups is 2. The lowest BCUT2D eigenvalue weighted by molar-refractivity contribution is -0.278. The van der Waals surface area contributed by atoms with E-state index in [-0.39, 0.29) is 29.6 Å². The van der Waals surface area contributed by atoms with E-state index in [0.29, 0.717) is 29.8 Å². The molecule has 2 amide bonds. The Hall–Kier alpha value is -4.34. The van der Waals surface area contributed by atoms with Gasteiger partial charge in [-0.1, -0.05) is 24.3 Å². The van der Waals surface area contributed by atoms with Gasteiger partial charge in [-0.15, -0.1) is 0 Å². The van der Waals surface area contributed by atoms with Gasteiger partial charge in [0.05, 0.1) is 19.0 Å². The van der Waals surface area contributed by atoms with Gasteiger partial charge in [-0.05, 0) is 42.4 Å². The van der Waals surface area contributed by atoms with E-state index in [9.17, 15) is 36.8 Å². The maximum atomic E-state index is 13.1. The first-order valence-electron chi connectivity index (χ1n) is 12.4. The van der Waals surface area contributed by atoms with Gasteiger partial charge < -0.3 is 20.9 Å². The number of hydrogen-bond donors (Lipinski definition) is 3. The average Bonchev–Trinajstić information content (AvgIpc) is 3.69. The molecule has 2 fully saturated rings. The van der Waals surface area contributed by atoms with Crippen LogP contribution in [0.25, 0.3) is 5.57 Å². The number of amides is 2. The highest BCUT2D eigenvalue weighted by molar-refractivity contribution is 6.08. The average molecular weight is 561 g/mol. The van der Waals surface area contributed by atoms with E-state index in [2.05, 4.69) is 16.4 Å². The van der Waals surface area contributed by atoms with Crippen LogP contribution in [0.2, 0.25) is 0 Å². The molecule has 4 rings (SSSR count). The maximum absolute atomic E-state index is 13.1. The van der Waals surface area contributed by atoms with E-state index in [1.54, 1.807) is 24.3 Å². The largest absolute Gasteiger partial charge is 0.455 e. The van der Waals surface area contributed by atoms with Crippen molar-refractivity contribution in [1.82, 2.24) is 10.3 Å². The molecule has 8 nitrogen and oxygen atoms in total. The maximum Gasteiger partial charge on any atom is 0.455 e. The molecule has 1 atom stereocenters. The predicted molar refractivity (Wildman–Crippen MR) is 137 cm³/mol. The summed E-state index contributed by atoms with van der Waals surface area (Å²) < 4.78 is 63.4. The monoisotopic (exact) mass is 560 g/mol. The molecule has 2 aliphatic rings. The highest BCUT2D eigenvalue weighted by Gasteiger charge is 2.57. The molecule has 2 aromatic rings. The van der Waals surface area contributed by atoms with Gasteiger partial charge in [0.1, 0.15) is 11.2 Å². The SMILES string of the molecule is N#C[C@@]1(C2CC2)CCN(c2ccnc(NC(=O)Cc3cccc(/C(C=N)=C/NCC(F)(F)C(F)(F)F)c3)c2)C1=O. The Morgan fingerprint density at radius 1 is 1.23 bits per heavy atom. The van der Waals surface area contributed by atoms with E-state index >= 15 is 0 Å². The molecule has 3 N–H and O–H groups in total. The van der Waals surface area contributed by atoms with E-state index in [1.165, 1.54) is 23.2 Å². The van der Waals surface area contributed by atoms with Crippen molar-refractivity contribution in [3.63, 3.8) is 0 Å². The molecule has 13 heteroatoms. The number of allylic oxidation sites excluding steroid dienone is 1. The first kappa shape index (κ1) is 28.7. The Morgan fingerprint density at radius 3 is 2.62 bits per heavy atom. The molecule has 1 saturated heterocycles. The van der Waals surface area contributed by atoms with Crippen molar-refractivity contribution in [1.29, 1.82) is 10.7 Å². The molecular formula is C27H25F5N6O2. The summed E-state index contributed by atoms with van der Waals surface area (Å²) in [6.07, 6.45) is -0.573. The number of nitrogens with one attached hydrogen (secondary N) is 3. The van der Waals surface area contributed by atoms with Crippen molar-refractivity contribution in [3.05, 3.63) is 59.9 Å². The number of nitriles is 1. The Morgan fingerprint density at radius 2 is 1.98 bits per heavy atom. The van der Waals surface area contributed by atoms with Crippen molar-refractivity contribution in [3.8, 4) is 6.07 Å². The van der Waals surface area contributed by atoms with E-state index in [4.69, 9.17) is 5.41 Å². The highest BCUT2D eigenvalue weighted by Crippen LogP contribution is 2.51. The molecule has 2 heterocycles. The third kappa shape index (κ3) is 5.95. The first-order valence-corrected chi connectivity index (χ1v) is 12.4. The van der Waals surface area contributed by atoms with Gasteiger partial charge in [-0.3, -0.25) is 9.59 Å². The number of anilines is 2. The third-order valence-electron chi connectivity index (χ3n) is 6.93. The van der Waals surface area contributed by atoms with Crippen LogP contribution in [0.3, 0.4) is 0 Å². The molecule has 1 saturated carbocycles. The fourth-order valence-electron chi connectivity index (χ4n) is 4.62. The number of carbonyl (C=O) groups excluding carboxylic acids is 2. The third-order valence-corrected chi connectivity index (χ3v) is 6.93. The number of benzene rings is 1. The van der Waals surface area contributed by atoms with E-state index in [0.717, 1.165) is 25.3 Å². The molecule has 1 aromatic carbocycles. The second kappa shape index (κ2) is 11.0. The van der Waals surface area contributed by atoms with Crippen LogP contribution in [0.5, 0.6) is 0 Å². The molecular weight excluding hydrogens is 535 g/mol. The second-order valence-corrected chi connectivity index (χ2v) is 9.72. The number of hydrogen-bond acceptors (Lipinski definition) is 6. The topological polar surface area (TPSA) is 122 Å². The van der Waals surface area contributed by atoms with Crippen LogP contribution >= 0.6 is 0 Å². The van der Waals surface area contributed by atoms with Gasteiger partial charge in [0.15, 0.2) is 0 Å². The molecule has 0 spiro atoms. The first-order chi connectivity index (χ1) is 18.9. The highest BCUT2D eigenvalue weighted by atomic mass is 19.4. The van der Waals surface area contributed by atoms with Gasteiger partial charge in [0, 0.05) is 42.5 Å². The smallest absolute Gasteiger partial charge is 0.384 e. The lowest BCUT2D eigenvalue weighted by Crippen LogP contribution is -2.44. The van der Waals surface area contributed by atoms with Gasteiger partial charge in [0.25, 0.3) is 0 Å². The second-order valence-electron chi connectivity index (χ2n) is 9.72. The lowest BCUT2D eigenvalue weighted by Gasteiger charge is -2.21. The molecule has 1 aliphatic heterocycles. The van der Waals surface area contributed by atoms with Crippen molar-refractivity contribution < 1.29 is 31.5 Å². The molecule has 0 radical (unpaired) electrons. The standard InChI is InChI=1S/C27H25F5N6O2/c28-26(29,27(30,31)32)16-35-14-19(13-33)18-3-1-2-17(10-18)11-23(39)37-22-12-21(6-8-36-22)38-9-7-25(15-34,24(38)40)20-4-5-20/h1-3,6,8,10,12-14,20,33,35H,4-5,7,9,11,16H2,(H,36,37,39)/b19-14+,33-13?/t25-/m1/s1. The van der Waals surface area contributed by atoms with Crippen LogP contribution in [-0.2, 0) is 16.0 Å². The van der Waals surface area contributed by atoms with E-state index < -0.39 is 30.0 Å². The Bertz CT molecular complexity index is 1380. The molecule has 1 aliphatic carbocycles. The predicted octanol–water partition coefficient (Wildman–Crippen LogP) is 4.70. The van der Waals surface area contributed by atoms with Crippen molar-refractivity contribution in [2.45, 2.75) is 37.8 Å². The minimum Gasteiger partial charge on any atom is -0.384 e. The number of halogens is 5. The molecule has 0 bridgehead atoms. The van der Waals surface area contributed by atoms with Crippen molar-refractivity contribution >= 4 is 35.1 Å². The number of nitrogens with zero attached hydrogens (tertiary/aromatic N) is 3. The number of alkyl halides is 5. The van der Waals surface area contributed by atoms with Crippen LogP contribution in [0.4, 0.5) is 33.5 Å². The Kier molecular flexibility index (Phi) is 7.91. The minimum atomic E-state index is -5.71. The zero-order chi connectivity index (χ0) is 29.1. The van der Waals surface area contributed by atoms with Gasteiger partial charge in [-0.25, -0.2) is 4.98 Å². The summed E-state index contributed by atoms with van der Waals surface area (Å²) in [5.41, 5.74) is 0.352. The summed E-state index contributed by atoms with van der Waals surface area (Å²) in [5, 5.41) is 21.8. The van der Waals surface area contributed by atoms with Gasteiger partial charge >= 0.3 is 12.1 Å². The minimum absolute atomic E-state index is 0.0320. The van der Waals surface area contributed by atoms with Crippen molar-refractivity contribution in [2.75, 3.05) is 23.3 Å². The van der Waals surface area contributed by atoms with Crippen LogP contribution in [0.15, 0.2) is 48.8 Å². The summed E-state index contributed by atoms with van der Waals surface area (Å²) in [4.78, 5) is 31.4. The summed E-state index contributed by atoms with van der Waals surface area (Å²) >= 11 is 0. The lowest BCUT2D eigenvalue weighted by atomic mass is 9.83. The normalized spacial score (nSPS) is 19.8. The number of pyridine rings is 1. The summed E-state index contributed by atoms with van der Waals surface area (Å²) in [6, 6.07) is 11.6. The molecule has 40 heavy (non-hydrogen) atoms. The molecule has 0 unspecified atom stereocenters. The van der Waals surface area contributed by atoms with E-state index in [1.807, 2.05) is 5.32 Å². The Labute approximate surface area is 226 Å². The number of rotatable bonds is 10. The number of aromatic nitrogens is 1. The molecule has 1 aromatic heterocycles. The van der Waals surface area contributed by atoms with Crippen molar-refractivity contribution in [2.24, 2.45) is 11.3 Å². The van der Waals surface area contributed by atoms with Crippen LogP contribution in [0.1, 0.15) is 30.4 Å². The summed E-state index contributed by atoms with van der Waals surface area (Å²) in [5.74, 6) is -5.37. The van der Waals surface area contributed by atoms with Crippen LogP contribution < -0.4 is 15.5 Å².